The summed E-state index contributed by atoms with van der Waals surface area (Å²) in [6.45, 7) is 0. The lowest BCUT2D eigenvalue weighted by Gasteiger charge is -2.33. The van der Waals surface area contributed by atoms with Crippen molar-refractivity contribution in [1.82, 2.24) is 0 Å². The van der Waals surface area contributed by atoms with E-state index in [2.05, 4.69) is 36.4 Å². The molecule has 0 heterocycles. The van der Waals surface area contributed by atoms with Gasteiger partial charge >= 0.3 is 0 Å². The molecule has 2 unspecified atom stereocenters. The molecule has 0 nitrogen and oxygen atoms in total. The number of thioether (sulfide) groups is 1. The third kappa shape index (κ3) is 6.21. The zero-order valence-electron chi connectivity index (χ0n) is 18.0. The number of alkyl halides is 2. The fourth-order valence-corrected chi connectivity index (χ4v) is 5.90. The van der Waals surface area contributed by atoms with Crippen LogP contribution in [0.1, 0.15) is 22.3 Å². The molecule has 0 saturated carbocycles. The van der Waals surface area contributed by atoms with Gasteiger partial charge in [0, 0.05) is 0 Å². The van der Waals surface area contributed by atoms with Gasteiger partial charge < -0.3 is 0 Å². The van der Waals surface area contributed by atoms with E-state index < -0.39 is 8.41 Å². The molecule has 0 saturated heterocycles. The summed E-state index contributed by atoms with van der Waals surface area (Å²) >= 11 is 16.3. The summed E-state index contributed by atoms with van der Waals surface area (Å²) in [7, 11) is 0. The largest absolute Gasteiger partial charge is 0.135 e. The molecule has 0 amide bonds. The van der Waals surface area contributed by atoms with Gasteiger partial charge in [-0.3, -0.25) is 0 Å². The third-order valence-corrected chi connectivity index (χ3v) is 7.70. The van der Waals surface area contributed by atoms with E-state index in [1.54, 1.807) is 0 Å². The molecule has 3 heteroatoms. The normalized spacial score (nSPS) is 15.3. The summed E-state index contributed by atoms with van der Waals surface area (Å²) < 4.78 is -1.79. The predicted molar refractivity (Wildman–Crippen MR) is 146 cm³/mol. The van der Waals surface area contributed by atoms with Crippen molar-refractivity contribution in [2.45, 2.75) is 8.41 Å². The lowest BCUT2D eigenvalue weighted by molar-refractivity contribution is 1.05. The molecule has 0 aliphatic carbocycles. The number of hydrogen-bond donors (Lipinski definition) is 0. The monoisotopic (exact) mass is 486 g/mol. The van der Waals surface area contributed by atoms with Crippen LogP contribution in [0.2, 0.25) is 0 Å². The molecular weight excluding hydrogens is 463 g/mol. The Morgan fingerprint density at radius 3 is 1.09 bits per heavy atom. The lowest BCUT2D eigenvalue weighted by atomic mass is 10.1. The molecule has 0 spiro atoms. The molecule has 4 aromatic rings. The number of benzene rings is 4. The molecule has 0 fully saturated rings. The predicted octanol–water partition coefficient (Wildman–Crippen LogP) is 9.33. The van der Waals surface area contributed by atoms with Gasteiger partial charge in [0.2, 0.25) is 0 Å². The van der Waals surface area contributed by atoms with Crippen molar-refractivity contribution < 1.29 is 0 Å². The molecule has 0 bridgehead atoms. The second kappa shape index (κ2) is 10.9. The second-order valence-corrected chi connectivity index (χ2v) is 10.7. The molecular formula is C30H24Cl2S. The topological polar surface area (TPSA) is 0 Å². The fraction of sp³-hybridized carbons (Fsp3) is 0.0667. The van der Waals surface area contributed by atoms with Crippen molar-refractivity contribution in [2.24, 2.45) is 0 Å². The van der Waals surface area contributed by atoms with E-state index in [0.29, 0.717) is 0 Å². The molecule has 2 atom stereocenters. The lowest BCUT2D eigenvalue weighted by Crippen LogP contribution is -2.21. The van der Waals surface area contributed by atoms with Gasteiger partial charge in [-0.2, -0.15) is 0 Å². The first-order chi connectivity index (χ1) is 16.1. The highest BCUT2D eigenvalue weighted by Crippen LogP contribution is 2.56. The fourth-order valence-electron chi connectivity index (χ4n) is 3.46. The Bertz CT molecular complexity index is 1090. The Balaban J connectivity index is 1.77. The first kappa shape index (κ1) is 23.4. The third-order valence-electron chi connectivity index (χ3n) is 5.21. The Morgan fingerprint density at radius 2 is 0.758 bits per heavy atom. The van der Waals surface area contributed by atoms with Crippen molar-refractivity contribution >= 4 is 47.1 Å². The SMILES string of the molecule is ClC(C=Cc1ccccc1)(SC(Cl)(C=Cc1ccccc1)c1ccccc1)c1ccccc1. The molecule has 0 aliphatic rings. The van der Waals surface area contributed by atoms with Crippen molar-refractivity contribution in [2.75, 3.05) is 0 Å². The first-order valence-electron chi connectivity index (χ1n) is 10.8. The number of hydrogen-bond acceptors (Lipinski definition) is 1. The van der Waals surface area contributed by atoms with E-state index in [9.17, 15) is 0 Å². The maximum atomic E-state index is 7.39. The van der Waals surface area contributed by atoms with Gasteiger partial charge in [-0.1, -0.05) is 168 Å². The van der Waals surface area contributed by atoms with E-state index >= 15 is 0 Å². The van der Waals surface area contributed by atoms with Crippen molar-refractivity contribution in [3.05, 3.63) is 156 Å². The second-order valence-electron chi connectivity index (χ2n) is 7.61. The zero-order valence-corrected chi connectivity index (χ0v) is 20.3. The Kier molecular flexibility index (Phi) is 7.77. The van der Waals surface area contributed by atoms with Gasteiger partial charge in [-0.05, 0) is 34.4 Å². The Hall–Kier alpha value is -2.71. The summed E-state index contributed by atoms with van der Waals surface area (Å²) in [4.78, 5) is 0. The van der Waals surface area contributed by atoms with E-state index in [-0.39, 0.29) is 0 Å². The molecule has 4 rings (SSSR count). The molecule has 4 aromatic carbocycles. The molecule has 0 aromatic heterocycles. The summed E-state index contributed by atoms with van der Waals surface area (Å²) in [6, 6.07) is 40.5. The average Bonchev–Trinajstić information content (AvgIpc) is 2.89. The Morgan fingerprint density at radius 1 is 0.455 bits per heavy atom. The smallest absolute Gasteiger partial charge is 0.0980 e. The molecule has 0 aliphatic heterocycles. The van der Waals surface area contributed by atoms with Gasteiger partial charge in [0.25, 0.3) is 0 Å². The van der Waals surface area contributed by atoms with Gasteiger partial charge in [0.05, 0.1) is 0 Å². The van der Waals surface area contributed by atoms with E-state index in [1.165, 1.54) is 11.8 Å². The van der Waals surface area contributed by atoms with Crippen molar-refractivity contribution in [3.8, 4) is 0 Å². The van der Waals surface area contributed by atoms with Crippen LogP contribution in [0, 0.1) is 0 Å². The van der Waals surface area contributed by atoms with Crippen molar-refractivity contribution in [3.63, 3.8) is 0 Å². The zero-order chi connectivity index (χ0) is 23.0. The quantitative estimate of drug-likeness (QED) is 0.223. The summed E-state index contributed by atoms with van der Waals surface area (Å²) in [5.74, 6) is 0. The Labute approximate surface area is 210 Å². The van der Waals surface area contributed by atoms with E-state index in [4.69, 9.17) is 23.2 Å². The van der Waals surface area contributed by atoms with Crippen LogP contribution in [0.4, 0.5) is 0 Å². The van der Waals surface area contributed by atoms with Crippen LogP contribution >= 0.6 is 35.0 Å². The maximum absolute atomic E-state index is 7.39. The molecule has 0 N–H and O–H groups in total. The first-order valence-corrected chi connectivity index (χ1v) is 12.3. The minimum absolute atomic E-state index is 0.893. The van der Waals surface area contributed by atoms with Crippen LogP contribution < -0.4 is 0 Å². The minimum Gasteiger partial charge on any atom is -0.0980 e. The number of halogens is 2. The average molecular weight is 487 g/mol. The highest BCUT2D eigenvalue weighted by molar-refractivity contribution is 8.03. The minimum atomic E-state index is -0.893. The van der Waals surface area contributed by atoms with Crippen LogP contribution in [0.25, 0.3) is 12.2 Å². The van der Waals surface area contributed by atoms with Crippen LogP contribution in [-0.4, -0.2) is 0 Å². The van der Waals surface area contributed by atoms with Crippen LogP contribution in [0.5, 0.6) is 0 Å². The van der Waals surface area contributed by atoms with Crippen LogP contribution in [0.15, 0.2) is 133 Å². The van der Waals surface area contributed by atoms with Crippen LogP contribution in [-0.2, 0) is 8.41 Å². The van der Waals surface area contributed by atoms with Crippen molar-refractivity contribution in [1.29, 1.82) is 0 Å². The van der Waals surface area contributed by atoms with E-state index in [1.807, 2.05) is 109 Å². The van der Waals surface area contributed by atoms with E-state index in [0.717, 1.165) is 22.3 Å². The van der Waals surface area contributed by atoms with Gasteiger partial charge in [-0.15, -0.1) is 0 Å². The summed E-state index contributed by atoms with van der Waals surface area (Å²) in [6.07, 6.45) is 8.16. The van der Waals surface area contributed by atoms with Gasteiger partial charge in [0.1, 0.15) is 8.41 Å². The molecule has 164 valence electrons. The maximum Gasteiger partial charge on any atom is 0.135 e. The molecule has 33 heavy (non-hydrogen) atoms. The summed E-state index contributed by atoms with van der Waals surface area (Å²) in [5, 5.41) is 0. The highest BCUT2D eigenvalue weighted by atomic mass is 35.5. The number of rotatable bonds is 8. The molecule has 0 radical (unpaired) electrons. The van der Waals surface area contributed by atoms with Gasteiger partial charge in [-0.25, -0.2) is 0 Å². The standard InChI is InChI=1S/C30H24Cl2S/c31-29(27-17-9-3-10-18-27,23-21-25-13-5-1-6-14-25)33-30(32,28-19-11-4-12-20-28)24-22-26-15-7-2-8-16-26/h1-24H. The summed E-state index contributed by atoms with van der Waals surface area (Å²) in [5.41, 5.74) is 4.10. The van der Waals surface area contributed by atoms with Gasteiger partial charge in [0.15, 0.2) is 0 Å². The highest BCUT2D eigenvalue weighted by Gasteiger charge is 2.39. The van der Waals surface area contributed by atoms with Crippen LogP contribution in [0.3, 0.4) is 0 Å².